The van der Waals surface area contributed by atoms with Crippen LogP contribution in [0.4, 0.5) is 8.78 Å². The zero-order valence-electron chi connectivity index (χ0n) is 18.7. The summed E-state index contributed by atoms with van der Waals surface area (Å²) in [7, 11) is 0. The lowest BCUT2D eigenvalue weighted by atomic mass is 10.0. The van der Waals surface area contributed by atoms with Crippen LogP contribution in [0.3, 0.4) is 0 Å². The molecule has 1 amide bonds. The number of amides is 1. The van der Waals surface area contributed by atoms with E-state index in [9.17, 15) is 18.4 Å². The predicted molar refractivity (Wildman–Crippen MR) is 130 cm³/mol. The van der Waals surface area contributed by atoms with Crippen LogP contribution in [0.25, 0.3) is 16.6 Å². The van der Waals surface area contributed by atoms with E-state index in [2.05, 4.69) is 10.3 Å². The van der Waals surface area contributed by atoms with Crippen molar-refractivity contribution < 1.29 is 13.6 Å². The fraction of sp³-hybridized carbons (Fsp3) is 0.192. The van der Waals surface area contributed by atoms with Crippen molar-refractivity contribution in [3.63, 3.8) is 0 Å². The highest BCUT2D eigenvalue weighted by atomic mass is 32.2. The second-order valence-electron chi connectivity index (χ2n) is 7.96. The van der Waals surface area contributed by atoms with Crippen molar-refractivity contribution in [3.05, 3.63) is 100 Å². The van der Waals surface area contributed by atoms with Gasteiger partial charge in [0.15, 0.2) is 5.16 Å². The Balaban J connectivity index is 1.63. The van der Waals surface area contributed by atoms with Gasteiger partial charge in [0.1, 0.15) is 11.6 Å². The van der Waals surface area contributed by atoms with Gasteiger partial charge in [-0.25, -0.2) is 13.8 Å². The van der Waals surface area contributed by atoms with Gasteiger partial charge < -0.3 is 5.32 Å². The number of nitrogens with zero attached hydrogens (tertiary/aromatic N) is 2. The lowest BCUT2D eigenvalue weighted by Gasteiger charge is -2.18. The predicted octanol–water partition coefficient (Wildman–Crippen LogP) is 5.06. The van der Waals surface area contributed by atoms with Gasteiger partial charge in [0, 0.05) is 12.6 Å². The third kappa shape index (κ3) is 5.02. The Kier molecular flexibility index (Phi) is 7.07. The van der Waals surface area contributed by atoms with Crippen LogP contribution < -0.4 is 10.9 Å². The maximum Gasteiger partial charge on any atom is 0.266 e. The number of fused-ring (bicyclic) bond motifs is 1. The van der Waals surface area contributed by atoms with Crippen molar-refractivity contribution in [2.45, 2.75) is 30.2 Å². The SMILES string of the molecule is CC(Sc1nc2ccccc2c(=O)n1-c1ccc(F)cc1F)C(=O)NCC(C)c1ccccc1. The van der Waals surface area contributed by atoms with Crippen LogP contribution in [-0.4, -0.2) is 27.3 Å². The van der Waals surface area contributed by atoms with E-state index in [1.807, 2.05) is 37.3 Å². The minimum atomic E-state index is -0.894. The molecule has 0 saturated carbocycles. The summed E-state index contributed by atoms with van der Waals surface area (Å²) in [6.45, 7) is 4.16. The van der Waals surface area contributed by atoms with E-state index in [1.165, 1.54) is 6.07 Å². The first-order valence-corrected chi connectivity index (χ1v) is 11.7. The van der Waals surface area contributed by atoms with E-state index >= 15 is 0 Å². The largest absolute Gasteiger partial charge is 0.355 e. The molecule has 0 saturated heterocycles. The van der Waals surface area contributed by atoms with Gasteiger partial charge in [-0.05, 0) is 42.7 Å². The molecule has 4 rings (SSSR count). The smallest absolute Gasteiger partial charge is 0.266 e. The van der Waals surface area contributed by atoms with E-state index < -0.39 is 22.4 Å². The molecule has 0 aliphatic carbocycles. The van der Waals surface area contributed by atoms with E-state index in [0.29, 0.717) is 23.5 Å². The molecule has 0 bridgehead atoms. The number of carbonyl (C=O) groups excluding carboxylic acids is 1. The standard InChI is InChI=1S/C26H23F2N3O2S/c1-16(18-8-4-3-5-9-18)15-29-24(32)17(2)34-26-30-22-11-7-6-10-20(22)25(33)31(26)23-13-12-19(27)14-21(23)28/h3-14,16-17H,15H2,1-2H3,(H,29,32). The van der Waals surface area contributed by atoms with E-state index in [-0.39, 0.29) is 22.7 Å². The van der Waals surface area contributed by atoms with Crippen molar-refractivity contribution in [1.29, 1.82) is 0 Å². The zero-order chi connectivity index (χ0) is 24.2. The first-order chi connectivity index (χ1) is 16.3. The summed E-state index contributed by atoms with van der Waals surface area (Å²) in [5.74, 6) is -1.76. The molecular formula is C26H23F2N3O2S. The molecule has 8 heteroatoms. The second-order valence-corrected chi connectivity index (χ2v) is 9.27. The molecule has 0 radical (unpaired) electrons. The number of carbonyl (C=O) groups is 1. The summed E-state index contributed by atoms with van der Waals surface area (Å²) < 4.78 is 29.2. The van der Waals surface area contributed by atoms with Gasteiger partial charge >= 0.3 is 0 Å². The molecule has 0 aliphatic heterocycles. The highest BCUT2D eigenvalue weighted by molar-refractivity contribution is 8.00. The maximum atomic E-state index is 14.6. The highest BCUT2D eigenvalue weighted by Crippen LogP contribution is 2.26. The molecule has 1 heterocycles. The topological polar surface area (TPSA) is 64.0 Å². The Bertz CT molecular complexity index is 1390. The van der Waals surface area contributed by atoms with Crippen molar-refractivity contribution in [1.82, 2.24) is 14.9 Å². The number of thioether (sulfide) groups is 1. The molecule has 3 aromatic carbocycles. The van der Waals surface area contributed by atoms with Crippen molar-refractivity contribution in [2.75, 3.05) is 6.54 Å². The average molecular weight is 480 g/mol. The van der Waals surface area contributed by atoms with Crippen molar-refractivity contribution in [3.8, 4) is 5.69 Å². The van der Waals surface area contributed by atoms with Crippen LogP contribution in [-0.2, 0) is 4.79 Å². The van der Waals surface area contributed by atoms with Crippen LogP contribution in [0.2, 0.25) is 0 Å². The van der Waals surface area contributed by atoms with Gasteiger partial charge in [0.05, 0.1) is 21.8 Å². The molecular weight excluding hydrogens is 456 g/mol. The number of para-hydroxylation sites is 1. The van der Waals surface area contributed by atoms with E-state index in [1.54, 1.807) is 31.2 Å². The summed E-state index contributed by atoms with van der Waals surface area (Å²) >= 11 is 1.04. The molecule has 0 aliphatic rings. The fourth-order valence-electron chi connectivity index (χ4n) is 3.57. The first kappa shape index (κ1) is 23.6. The Labute approximate surface area is 199 Å². The number of benzene rings is 3. The normalized spacial score (nSPS) is 12.9. The molecule has 4 aromatic rings. The Morgan fingerprint density at radius 1 is 1.03 bits per heavy atom. The molecule has 0 fully saturated rings. The van der Waals surface area contributed by atoms with Crippen LogP contribution in [0.5, 0.6) is 0 Å². The van der Waals surface area contributed by atoms with Gasteiger partial charge in [-0.15, -0.1) is 0 Å². The number of aromatic nitrogens is 2. The fourth-order valence-corrected chi connectivity index (χ4v) is 4.52. The molecule has 34 heavy (non-hydrogen) atoms. The van der Waals surface area contributed by atoms with Gasteiger partial charge in [-0.1, -0.05) is 61.2 Å². The number of nitrogens with one attached hydrogen (secondary N) is 1. The van der Waals surface area contributed by atoms with Crippen LogP contribution >= 0.6 is 11.8 Å². The number of halogens is 2. The average Bonchev–Trinajstić information content (AvgIpc) is 2.84. The molecule has 174 valence electrons. The van der Waals surface area contributed by atoms with Gasteiger partial charge in [0.2, 0.25) is 5.91 Å². The lowest BCUT2D eigenvalue weighted by molar-refractivity contribution is -0.120. The van der Waals surface area contributed by atoms with E-state index in [4.69, 9.17) is 0 Å². The summed E-state index contributed by atoms with van der Waals surface area (Å²) in [5, 5.41) is 2.75. The second kappa shape index (κ2) is 10.2. The number of hydrogen-bond donors (Lipinski definition) is 1. The Morgan fingerprint density at radius 3 is 2.47 bits per heavy atom. The lowest BCUT2D eigenvalue weighted by Crippen LogP contribution is -2.34. The molecule has 2 unspecified atom stereocenters. The molecule has 1 aromatic heterocycles. The van der Waals surface area contributed by atoms with Crippen LogP contribution in [0, 0.1) is 11.6 Å². The minimum Gasteiger partial charge on any atom is -0.355 e. The van der Waals surface area contributed by atoms with Gasteiger partial charge in [-0.3, -0.25) is 14.2 Å². The summed E-state index contributed by atoms with van der Waals surface area (Å²) in [6.07, 6.45) is 0. The highest BCUT2D eigenvalue weighted by Gasteiger charge is 2.22. The van der Waals surface area contributed by atoms with Gasteiger partial charge in [0.25, 0.3) is 5.56 Å². The van der Waals surface area contributed by atoms with Crippen LogP contribution in [0.1, 0.15) is 25.3 Å². The Hall–Kier alpha value is -3.52. The molecule has 2 atom stereocenters. The minimum absolute atomic E-state index is 0.118. The third-order valence-corrected chi connectivity index (χ3v) is 6.55. The molecule has 5 nitrogen and oxygen atoms in total. The van der Waals surface area contributed by atoms with Crippen LogP contribution in [0.15, 0.2) is 82.7 Å². The molecule has 0 spiro atoms. The third-order valence-electron chi connectivity index (χ3n) is 5.50. The zero-order valence-corrected chi connectivity index (χ0v) is 19.5. The monoisotopic (exact) mass is 479 g/mol. The Morgan fingerprint density at radius 2 is 1.74 bits per heavy atom. The van der Waals surface area contributed by atoms with Crippen molar-refractivity contribution in [2.24, 2.45) is 0 Å². The van der Waals surface area contributed by atoms with Crippen molar-refractivity contribution >= 4 is 28.6 Å². The number of hydrogen-bond acceptors (Lipinski definition) is 4. The quantitative estimate of drug-likeness (QED) is 0.297. The van der Waals surface area contributed by atoms with Gasteiger partial charge in [-0.2, -0.15) is 0 Å². The van der Waals surface area contributed by atoms with E-state index in [0.717, 1.165) is 28.0 Å². The summed E-state index contributed by atoms with van der Waals surface area (Å²) in [5.41, 5.74) is 0.917. The first-order valence-electron chi connectivity index (χ1n) is 10.8. The molecule has 1 N–H and O–H groups in total. The number of rotatable bonds is 7. The maximum absolute atomic E-state index is 14.6. The summed E-state index contributed by atoms with van der Waals surface area (Å²) in [6, 6.07) is 19.5. The summed E-state index contributed by atoms with van der Waals surface area (Å²) in [4.78, 5) is 30.6.